The van der Waals surface area contributed by atoms with E-state index in [1.807, 2.05) is 0 Å². The zero-order valence-corrected chi connectivity index (χ0v) is 21.2. The van der Waals surface area contributed by atoms with Crippen LogP contribution in [0.25, 0.3) is 0 Å². The van der Waals surface area contributed by atoms with Gasteiger partial charge in [0.2, 0.25) is 17.7 Å². The normalized spacial score (nSPS) is 11.0. The van der Waals surface area contributed by atoms with Gasteiger partial charge in [0.05, 0.1) is 13.1 Å². The molecule has 15 nitrogen and oxygen atoms in total. The summed E-state index contributed by atoms with van der Waals surface area (Å²) < 4.78 is 5.20. The molecular formula is C23H35N7O8. The fourth-order valence-electron chi connectivity index (χ4n) is 3.01. The van der Waals surface area contributed by atoms with Gasteiger partial charge in [0.15, 0.2) is 0 Å². The van der Waals surface area contributed by atoms with Crippen molar-refractivity contribution in [3.63, 3.8) is 0 Å². The number of nitrogens with zero attached hydrogens (tertiary/aromatic N) is 1. The molecule has 1 atom stereocenters. The fraction of sp³-hybridized carbons (Fsp3) is 0.478. The van der Waals surface area contributed by atoms with Crippen LogP contribution in [0.3, 0.4) is 0 Å². The minimum Gasteiger partial charge on any atom is -0.481 e. The molecule has 1 aromatic rings. The largest absolute Gasteiger partial charge is 0.481 e. The molecule has 15 heteroatoms. The number of primary amides is 1. The molecule has 38 heavy (non-hydrogen) atoms. The van der Waals surface area contributed by atoms with E-state index in [-0.39, 0.29) is 45.6 Å². The summed E-state index contributed by atoms with van der Waals surface area (Å²) in [5.41, 5.74) is 11.3. The van der Waals surface area contributed by atoms with Crippen LogP contribution in [-0.2, 0) is 30.5 Å². The third-order valence-corrected chi connectivity index (χ3v) is 5.03. The van der Waals surface area contributed by atoms with E-state index in [9.17, 15) is 28.8 Å². The van der Waals surface area contributed by atoms with Crippen LogP contribution >= 0.6 is 0 Å². The Hall–Kier alpha value is -4.40. The molecule has 9 N–H and O–H groups in total. The zero-order valence-electron chi connectivity index (χ0n) is 21.2. The maximum Gasteiger partial charge on any atom is 0.409 e. The lowest BCUT2D eigenvalue weighted by molar-refractivity contribution is -0.137. The van der Waals surface area contributed by atoms with Gasteiger partial charge in [0, 0.05) is 32.2 Å². The van der Waals surface area contributed by atoms with Gasteiger partial charge in [-0.05, 0) is 37.0 Å². The molecule has 0 aromatic heterocycles. The number of carbonyl (C=O) groups is 6. The predicted molar refractivity (Wildman–Crippen MR) is 136 cm³/mol. The van der Waals surface area contributed by atoms with Crippen LogP contribution in [0.15, 0.2) is 24.3 Å². The molecule has 0 fully saturated rings. The summed E-state index contributed by atoms with van der Waals surface area (Å²) in [5, 5.41) is 18.6. The minimum absolute atomic E-state index is 0.0314. The number of ether oxygens (including phenoxy) is 1. The van der Waals surface area contributed by atoms with E-state index in [1.54, 1.807) is 24.3 Å². The highest BCUT2D eigenvalue weighted by Gasteiger charge is 2.21. The Labute approximate surface area is 219 Å². The summed E-state index contributed by atoms with van der Waals surface area (Å²) in [6.07, 6.45) is 0.174. The van der Waals surface area contributed by atoms with Gasteiger partial charge in [-0.25, -0.2) is 9.59 Å². The van der Waals surface area contributed by atoms with Gasteiger partial charge in [-0.3, -0.25) is 19.2 Å². The van der Waals surface area contributed by atoms with Gasteiger partial charge < -0.3 is 47.5 Å². The first kappa shape index (κ1) is 31.6. The number of benzene rings is 1. The molecule has 6 amide bonds. The van der Waals surface area contributed by atoms with E-state index in [2.05, 4.69) is 21.3 Å². The van der Waals surface area contributed by atoms with Crippen molar-refractivity contribution in [1.82, 2.24) is 20.9 Å². The number of urea groups is 1. The van der Waals surface area contributed by atoms with Crippen LogP contribution in [0.5, 0.6) is 0 Å². The molecule has 1 unspecified atom stereocenters. The number of nitrogens with two attached hydrogens (primary N) is 2. The second-order valence-corrected chi connectivity index (χ2v) is 8.19. The lowest BCUT2D eigenvalue weighted by Gasteiger charge is -2.19. The second kappa shape index (κ2) is 17.1. The molecule has 0 saturated heterocycles. The molecule has 210 valence electrons. The number of aliphatic carboxylic acids is 1. The molecule has 1 aromatic carbocycles. The Bertz CT molecular complexity index is 971. The van der Waals surface area contributed by atoms with E-state index in [0.717, 1.165) is 0 Å². The van der Waals surface area contributed by atoms with E-state index in [1.165, 1.54) is 11.9 Å². The number of anilines is 1. The highest BCUT2D eigenvalue weighted by Crippen LogP contribution is 2.12. The number of rotatable bonds is 16. The smallest absolute Gasteiger partial charge is 0.409 e. The number of nitrogens with one attached hydrogen (secondary N) is 4. The van der Waals surface area contributed by atoms with Crippen molar-refractivity contribution in [3.8, 4) is 0 Å². The van der Waals surface area contributed by atoms with Gasteiger partial charge in [-0.2, -0.15) is 0 Å². The third-order valence-electron chi connectivity index (χ3n) is 5.03. The van der Waals surface area contributed by atoms with Crippen LogP contribution < -0.4 is 32.7 Å². The molecular weight excluding hydrogens is 502 g/mol. The molecule has 1 rings (SSSR count). The summed E-state index contributed by atoms with van der Waals surface area (Å²) in [7, 11) is 1.51. The van der Waals surface area contributed by atoms with Crippen LogP contribution in [0, 0.1) is 0 Å². The molecule has 0 heterocycles. The van der Waals surface area contributed by atoms with Gasteiger partial charge in [0.1, 0.15) is 12.6 Å². The van der Waals surface area contributed by atoms with Crippen molar-refractivity contribution in [2.45, 2.75) is 38.3 Å². The summed E-state index contributed by atoms with van der Waals surface area (Å²) in [6, 6.07) is 4.78. The van der Waals surface area contributed by atoms with Crippen molar-refractivity contribution in [2.24, 2.45) is 11.5 Å². The maximum atomic E-state index is 12.8. The lowest BCUT2D eigenvalue weighted by Crippen LogP contribution is -2.48. The van der Waals surface area contributed by atoms with Crippen molar-refractivity contribution >= 4 is 41.5 Å². The number of carbonyl (C=O) groups excluding carboxylic acids is 5. The molecule has 0 spiro atoms. The Morgan fingerprint density at radius 2 is 1.71 bits per heavy atom. The van der Waals surface area contributed by atoms with Crippen LogP contribution in [-0.4, -0.2) is 85.1 Å². The van der Waals surface area contributed by atoms with E-state index in [0.29, 0.717) is 24.1 Å². The topological polar surface area (TPSA) is 235 Å². The molecule has 0 radical (unpaired) electrons. The van der Waals surface area contributed by atoms with Crippen LogP contribution in [0.1, 0.15) is 31.2 Å². The summed E-state index contributed by atoms with van der Waals surface area (Å²) in [5.74, 6) is -2.59. The monoisotopic (exact) mass is 537 g/mol. The number of amides is 6. The first-order valence-electron chi connectivity index (χ1n) is 11.8. The van der Waals surface area contributed by atoms with Crippen molar-refractivity contribution in [3.05, 3.63) is 29.8 Å². The minimum atomic E-state index is -0.968. The van der Waals surface area contributed by atoms with Crippen molar-refractivity contribution in [2.75, 3.05) is 38.5 Å². The highest BCUT2D eigenvalue weighted by atomic mass is 16.6. The number of hydrogen-bond acceptors (Lipinski definition) is 8. The molecule has 0 aliphatic rings. The molecule has 0 aliphatic carbocycles. The second-order valence-electron chi connectivity index (χ2n) is 8.19. The Morgan fingerprint density at radius 1 is 1.03 bits per heavy atom. The first-order valence-corrected chi connectivity index (χ1v) is 11.8. The van der Waals surface area contributed by atoms with Crippen LogP contribution in [0.4, 0.5) is 15.3 Å². The van der Waals surface area contributed by atoms with Crippen molar-refractivity contribution in [1.29, 1.82) is 0 Å². The van der Waals surface area contributed by atoms with E-state index >= 15 is 0 Å². The maximum absolute atomic E-state index is 12.8. The Kier molecular flexibility index (Phi) is 14.3. The fourth-order valence-corrected chi connectivity index (χ4v) is 3.01. The third kappa shape index (κ3) is 13.6. The van der Waals surface area contributed by atoms with Gasteiger partial charge in [-0.1, -0.05) is 12.1 Å². The first-order chi connectivity index (χ1) is 18.0. The summed E-state index contributed by atoms with van der Waals surface area (Å²) in [4.78, 5) is 71.0. The number of carboxylic acids is 1. The zero-order chi connectivity index (χ0) is 28.5. The van der Waals surface area contributed by atoms with E-state index < -0.39 is 41.9 Å². The Balaban J connectivity index is 2.65. The number of hydrogen-bond donors (Lipinski definition) is 7. The van der Waals surface area contributed by atoms with Gasteiger partial charge >= 0.3 is 18.1 Å². The van der Waals surface area contributed by atoms with E-state index in [4.69, 9.17) is 21.3 Å². The highest BCUT2D eigenvalue weighted by molar-refractivity contribution is 5.97. The number of carboxylic acid groups (broad SMARTS) is 1. The Morgan fingerprint density at radius 3 is 2.32 bits per heavy atom. The van der Waals surface area contributed by atoms with Crippen LogP contribution in [0.2, 0.25) is 0 Å². The van der Waals surface area contributed by atoms with Gasteiger partial charge in [-0.15, -0.1) is 0 Å². The average Bonchev–Trinajstić information content (AvgIpc) is 2.87. The summed E-state index contributed by atoms with van der Waals surface area (Å²) >= 11 is 0. The molecule has 0 bridgehead atoms. The predicted octanol–water partition coefficient (Wildman–Crippen LogP) is -0.933. The lowest BCUT2D eigenvalue weighted by atomic mass is 10.1. The molecule has 0 saturated carbocycles. The van der Waals surface area contributed by atoms with Gasteiger partial charge in [0.25, 0.3) is 0 Å². The SMILES string of the molecule is CN(CCCC(=O)O)C(=O)OCc1ccc(NC(=O)C(CCCNC(N)=O)NC(=O)CNC(=O)CN)cc1. The summed E-state index contributed by atoms with van der Waals surface area (Å²) in [6.45, 7) is -0.237. The van der Waals surface area contributed by atoms with Crippen molar-refractivity contribution < 1.29 is 38.6 Å². The molecule has 0 aliphatic heterocycles. The average molecular weight is 538 g/mol. The quantitative estimate of drug-likeness (QED) is 0.129. The standard InChI is InChI=1S/C23H35N7O8/c1-30(11-3-5-20(33)34)23(37)38-14-15-6-8-16(9-7-15)28-21(35)17(4-2-10-26-22(25)36)29-19(32)13-27-18(31)12-24/h6-9,17H,2-5,10-14,24H2,1H3,(H,27,31)(H,28,35)(H,29,32)(H,33,34)(H3,25,26,36).